The molecule has 2 heterocycles. The van der Waals surface area contributed by atoms with Crippen LogP contribution in [0.3, 0.4) is 0 Å². The van der Waals surface area contributed by atoms with Crippen molar-refractivity contribution in [1.82, 2.24) is 9.47 Å². The highest BCUT2D eigenvalue weighted by atomic mass is 16.2. The van der Waals surface area contributed by atoms with Gasteiger partial charge in [0.25, 0.3) is 5.91 Å². The van der Waals surface area contributed by atoms with E-state index >= 15 is 0 Å². The quantitative estimate of drug-likeness (QED) is 0.838. The lowest BCUT2D eigenvalue weighted by Gasteiger charge is -2.34. The predicted molar refractivity (Wildman–Crippen MR) is 67.7 cm³/mol. The molecule has 1 aliphatic rings. The van der Waals surface area contributed by atoms with Crippen LogP contribution in [0.5, 0.6) is 0 Å². The monoisotopic (exact) mass is 235 g/mol. The van der Waals surface area contributed by atoms with Gasteiger partial charge in [0.2, 0.25) is 0 Å². The molecule has 2 atom stereocenters. The molecule has 0 aromatic carbocycles. The Kier molecular flexibility index (Phi) is 3.52. The number of nitrogens with zero attached hydrogens (tertiary/aromatic N) is 2. The second-order valence-electron chi connectivity index (χ2n) is 5.02. The number of rotatable bonds is 2. The highest BCUT2D eigenvalue weighted by molar-refractivity contribution is 5.92. The Morgan fingerprint density at radius 1 is 1.59 bits per heavy atom. The van der Waals surface area contributed by atoms with Gasteiger partial charge in [0, 0.05) is 32.4 Å². The van der Waals surface area contributed by atoms with E-state index in [0.29, 0.717) is 5.92 Å². The molecule has 1 saturated heterocycles. The molecule has 94 valence electrons. The molecule has 17 heavy (non-hydrogen) atoms. The summed E-state index contributed by atoms with van der Waals surface area (Å²) in [5, 5.41) is 0. The number of likely N-dealkylation sites (tertiary alicyclic amines) is 1. The van der Waals surface area contributed by atoms with Crippen molar-refractivity contribution >= 4 is 5.91 Å². The second-order valence-corrected chi connectivity index (χ2v) is 5.02. The topological polar surface area (TPSA) is 51.3 Å². The summed E-state index contributed by atoms with van der Waals surface area (Å²) in [6.07, 6.45) is 4.09. The number of carbonyl (C=O) groups is 1. The number of carbonyl (C=O) groups excluding carboxylic acids is 1. The molecule has 1 fully saturated rings. The third-order valence-electron chi connectivity index (χ3n) is 3.65. The minimum Gasteiger partial charge on any atom is -0.347 e. The average Bonchev–Trinajstić information content (AvgIpc) is 2.74. The molecule has 1 aromatic rings. The normalized spacial score (nSPS) is 22.5. The Morgan fingerprint density at radius 2 is 2.35 bits per heavy atom. The fourth-order valence-corrected chi connectivity index (χ4v) is 2.47. The van der Waals surface area contributed by atoms with E-state index in [2.05, 4.69) is 0 Å². The summed E-state index contributed by atoms with van der Waals surface area (Å²) >= 11 is 0. The molecule has 4 nitrogen and oxygen atoms in total. The van der Waals surface area contributed by atoms with Crippen LogP contribution in [0.2, 0.25) is 0 Å². The summed E-state index contributed by atoms with van der Waals surface area (Å²) in [5.41, 5.74) is 6.69. The number of hydrogen-bond acceptors (Lipinski definition) is 2. The number of nitrogens with two attached hydrogens (primary N) is 1. The van der Waals surface area contributed by atoms with Crippen molar-refractivity contribution in [2.75, 3.05) is 13.1 Å². The summed E-state index contributed by atoms with van der Waals surface area (Å²) in [5.74, 6) is 0.566. The van der Waals surface area contributed by atoms with Gasteiger partial charge in [-0.3, -0.25) is 4.79 Å². The number of aryl methyl sites for hydroxylation is 1. The average molecular weight is 235 g/mol. The molecule has 2 N–H and O–H groups in total. The Bertz CT molecular complexity index is 397. The molecule has 2 rings (SSSR count). The van der Waals surface area contributed by atoms with Crippen molar-refractivity contribution in [3.8, 4) is 0 Å². The van der Waals surface area contributed by atoms with E-state index in [-0.39, 0.29) is 11.9 Å². The van der Waals surface area contributed by atoms with E-state index in [1.54, 1.807) is 0 Å². The van der Waals surface area contributed by atoms with Crippen molar-refractivity contribution < 1.29 is 4.79 Å². The summed E-state index contributed by atoms with van der Waals surface area (Å²) in [6, 6.07) is 3.94. The molecule has 1 amide bonds. The molecular weight excluding hydrogens is 214 g/mol. The summed E-state index contributed by atoms with van der Waals surface area (Å²) < 4.78 is 1.87. The SMILES string of the molecule is C[C@H](N)[C@@H]1CCCN(C(=O)c2cccn2C)C1. The van der Waals surface area contributed by atoms with Gasteiger partial charge in [0.15, 0.2) is 0 Å². The standard InChI is InChI=1S/C13H21N3O/c1-10(14)11-5-3-8-16(9-11)13(17)12-6-4-7-15(12)2/h4,6-7,10-11H,3,5,8-9,14H2,1-2H3/t10-,11+/m0/s1. The van der Waals surface area contributed by atoms with Crippen LogP contribution in [0.4, 0.5) is 0 Å². The third-order valence-corrected chi connectivity index (χ3v) is 3.65. The summed E-state index contributed by atoms with van der Waals surface area (Å²) in [4.78, 5) is 14.3. The van der Waals surface area contributed by atoms with E-state index in [1.807, 2.05) is 41.8 Å². The van der Waals surface area contributed by atoms with E-state index in [1.165, 1.54) is 0 Å². The van der Waals surface area contributed by atoms with Gasteiger partial charge in [-0.15, -0.1) is 0 Å². The van der Waals surface area contributed by atoms with Crippen LogP contribution >= 0.6 is 0 Å². The molecule has 1 aliphatic heterocycles. The van der Waals surface area contributed by atoms with Gasteiger partial charge < -0.3 is 15.2 Å². The van der Waals surface area contributed by atoms with Gasteiger partial charge >= 0.3 is 0 Å². The van der Waals surface area contributed by atoms with Crippen LogP contribution in [0, 0.1) is 5.92 Å². The summed E-state index contributed by atoms with van der Waals surface area (Å²) in [7, 11) is 1.90. The largest absolute Gasteiger partial charge is 0.347 e. The van der Waals surface area contributed by atoms with Crippen LogP contribution in [0.25, 0.3) is 0 Å². The Hall–Kier alpha value is -1.29. The molecule has 0 saturated carbocycles. The van der Waals surface area contributed by atoms with Crippen LogP contribution < -0.4 is 5.73 Å². The Morgan fingerprint density at radius 3 is 2.94 bits per heavy atom. The molecule has 4 heteroatoms. The fourth-order valence-electron chi connectivity index (χ4n) is 2.47. The van der Waals surface area contributed by atoms with E-state index in [0.717, 1.165) is 31.6 Å². The van der Waals surface area contributed by atoms with Gasteiger partial charge in [-0.1, -0.05) is 0 Å². The maximum Gasteiger partial charge on any atom is 0.270 e. The lowest BCUT2D eigenvalue weighted by atomic mass is 9.92. The number of piperidine rings is 1. The fraction of sp³-hybridized carbons (Fsp3) is 0.615. The molecule has 1 aromatic heterocycles. The van der Waals surface area contributed by atoms with E-state index in [4.69, 9.17) is 5.73 Å². The van der Waals surface area contributed by atoms with Crippen molar-refractivity contribution in [3.63, 3.8) is 0 Å². The lowest BCUT2D eigenvalue weighted by Crippen LogP contribution is -2.45. The maximum atomic E-state index is 12.3. The first-order chi connectivity index (χ1) is 8.09. The van der Waals surface area contributed by atoms with Gasteiger partial charge in [0.1, 0.15) is 5.69 Å². The predicted octanol–water partition coefficient (Wildman–Crippen LogP) is 1.22. The zero-order valence-corrected chi connectivity index (χ0v) is 10.6. The van der Waals surface area contributed by atoms with Crippen molar-refractivity contribution in [2.45, 2.75) is 25.8 Å². The van der Waals surface area contributed by atoms with Gasteiger partial charge in [-0.25, -0.2) is 0 Å². The van der Waals surface area contributed by atoms with Crippen molar-refractivity contribution in [1.29, 1.82) is 0 Å². The van der Waals surface area contributed by atoms with E-state index < -0.39 is 0 Å². The van der Waals surface area contributed by atoms with Gasteiger partial charge in [-0.2, -0.15) is 0 Å². The third kappa shape index (κ3) is 2.52. The van der Waals surface area contributed by atoms with Gasteiger partial charge in [-0.05, 0) is 37.8 Å². The lowest BCUT2D eigenvalue weighted by molar-refractivity contribution is 0.0651. The molecular formula is C13H21N3O. The zero-order valence-electron chi connectivity index (χ0n) is 10.6. The molecule has 0 radical (unpaired) electrons. The van der Waals surface area contributed by atoms with Gasteiger partial charge in [0.05, 0.1) is 0 Å². The molecule has 0 spiro atoms. The smallest absolute Gasteiger partial charge is 0.270 e. The highest BCUT2D eigenvalue weighted by Crippen LogP contribution is 2.20. The first kappa shape index (κ1) is 12.2. The first-order valence-corrected chi connectivity index (χ1v) is 6.26. The molecule has 0 aliphatic carbocycles. The van der Waals surface area contributed by atoms with Crippen molar-refractivity contribution in [2.24, 2.45) is 18.7 Å². The van der Waals surface area contributed by atoms with Crippen LogP contribution in [-0.2, 0) is 7.05 Å². The maximum absolute atomic E-state index is 12.3. The Labute approximate surface area is 102 Å². The number of aromatic nitrogens is 1. The molecule has 0 unspecified atom stereocenters. The van der Waals surface area contributed by atoms with Crippen LogP contribution in [0.1, 0.15) is 30.3 Å². The van der Waals surface area contributed by atoms with E-state index in [9.17, 15) is 4.79 Å². The first-order valence-electron chi connectivity index (χ1n) is 6.26. The van der Waals surface area contributed by atoms with Crippen molar-refractivity contribution in [3.05, 3.63) is 24.0 Å². The van der Waals surface area contributed by atoms with Crippen LogP contribution in [-0.4, -0.2) is 34.5 Å². The second kappa shape index (κ2) is 4.92. The zero-order chi connectivity index (χ0) is 12.4. The number of hydrogen-bond donors (Lipinski definition) is 1. The number of amides is 1. The minimum absolute atomic E-state index is 0.128. The highest BCUT2D eigenvalue weighted by Gasteiger charge is 2.27. The molecule has 0 bridgehead atoms. The minimum atomic E-state index is 0.128. The van der Waals surface area contributed by atoms with Crippen LogP contribution in [0.15, 0.2) is 18.3 Å². The Balaban J connectivity index is 2.07. The summed E-state index contributed by atoms with van der Waals surface area (Å²) in [6.45, 7) is 3.68.